The molecule has 1 rings (SSSR count). The fraction of sp³-hybridized carbons (Fsp3) is 0.300. The fourth-order valence-electron chi connectivity index (χ4n) is 1.14. The normalized spacial score (nSPS) is 11.2. The van der Waals surface area contributed by atoms with Gasteiger partial charge in [-0.2, -0.15) is 0 Å². The first kappa shape index (κ1) is 13.6. The number of hydrogen-bond acceptors (Lipinski definition) is 4. The lowest BCUT2D eigenvalue weighted by atomic mass is 10.3. The van der Waals surface area contributed by atoms with Crippen LogP contribution in [0, 0.1) is 0 Å². The van der Waals surface area contributed by atoms with Gasteiger partial charge in [0.15, 0.2) is 0 Å². The number of benzene rings is 1. The third-order valence-electron chi connectivity index (χ3n) is 1.88. The predicted molar refractivity (Wildman–Crippen MR) is 62.9 cm³/mol. The van der Waals surface area contributed by atoms with Gasteiger partial charge in [0.2, 0.25) is 15.9 Å². The first-order valence-corrected chi connectivity index (χ1v) is 6.48. The van der Waals surface area contributed by atoms with E-state index in [1.165, 1.54) is 18.2 Å². The highest BCUT2D eigenvalue weighted by atomic mass is 32.2. The molecule has 3 N–H and O–H groups in total. The maximum Gasteiger partial charge on any atom is 0.250 e. The van der Waals surface area contributed by atoms with Gasteiger partial charge in [0.05, 0.1) is 4.90 Å². The van der Waals surface area contributed by atoms with Crippen LogP contribution in [0.25, 0.3) is 0 Å². The molecule has 0 aromatic heterocycles. The summed E-state index contributed by atoms with van der Waals surface area (Å²) in [5, 5.41) is 7.48. The molecule has 0 radical (unpaired) electrons. The number of hydrogen-bond donors (Lipinski definition) is 2. The molecule has 6 nitrogen and oxygen atoms in total. The van der Waals surface area contributed by atoms with E-state index in [2.05, 4.69) is 5.32 Å². The van der Waals surface area contributed by atoms with Crippen LogP contribution in [0.4, 0.5) is 5.69 Å². The van der Waals surface area contributed by atoms with E-state index in [0.29, 0.717) is 12.3 Å². The van der Waals surface area contributed by atoms with Gasteiger partial charge >= 0.3 is 0 Å². The lowest BCUT2D eigenvalue weighted by Gasteiger charge is -2.06. The molecule has 0 fully saturated rings. The molecule has 0 aliphatic heterocycles. The van der Waals surface area contributed by atoms with E-state index < -0.39 is 10.0 Å². The van der Waals surface area contributed by atoms with Crippen molar-refractivity contribution in [3.05, 3.63) is 24.3 Å². The van der Waals surface area contributed by atoms with Crippen LogP contribution in [0.1, 0.15) is 6.92 Å². The number of amides is 1. The lowest BCUT2D eigenvalue weighted by molar-refractivity contribution is -0.120. The maximum absolute atomic E-state index is 11.3. The first-order chi connectivity index (χ1) is 7.93. The Bertz CT molecular complexity index is 499. The topological polar surface area (TPSA) is 98.5 Å². The monoisotopic (exact) mass is 258 g/mol. The molecule has 1 aromatic carbocycles. The number of nitrogens with one attached hydrogen (secondary N) is 1. The molecule has 17 heavy (non-hydrogen) atoms. The third kappa shape index (κ3) is 4.51. The quantitative estimate of drug-likeness (QED) is 0.794. The SMILES string of the molecule is CCOCC(=O)Nc1cccc(S(N)(=O)=O)c1. The van der Waals surface area contributed by atoms with Crippen molar-refractivity contribution in [1.82, 2.24) is 0 Å². The van der Waals surface area contributed by atoms with E-state index in [1.807, 2.05) is 0 Å². The van der Waals surface area contributed by atoms with E-state index in [4.69, 9.17) is 9.88 Å². The number of anilines is 1. The molecule has 0 bridgehead atoms. The second kappa shape index (κ2) is 5.76. The highest BCUT2D eigenvalue weighted by Gasteiger charge is 2.09. The second-order valence-corrected chi connectivity index (χ2v) is 4.82. The van der Waals surface area contributed by atoms with Crippen molar-refractivity contribution >= 4 is 21.6 Å². The van der Waals surface area contributed by atoms with E-state index in [9.17, 15) is 13.2 Å². The second-order valence-electron chi connectivity index (χ2n) is 3.26. The zero-order valence-electron chi connectivity index (χ0n) is 9.34. The Labute approximate surface area is 99.8 Å². The van der Waals surface area contributed by atoms with Gasteiger partial charge in [0.1, 0.15) is 6.61 Å². The summed E-state index contributed by atoms with van der Waals surface area (Å²) in [6, 6.07) is 5.71. The van der Waals surface area contributed by atoms with Crippen molar-refractivity contribution in [2.45, 2.75) is 11.8 Å². The molecule has 0 aliphatic rings. The maximum atomic E-state index is 11.3. The van der Waals surface area contributed by atoms with E-state index in [1.54, 1.807) is 13.0 Å². The van der Waals surface area contributed by atoms with Crippen molar-refractivity contribution in [3.8, 4) is 0 Å². The molecule has 1 amide bonds. The zero-order chi connectivity index (χ0) is 12.9. The molecule has 0 atom stereocenters. The highest BCUT2D eigenvalue weighted by molar-refractivity contribution is 7.89. The fourth-order valence-corrected chi connectivity index (χ4v) is 1.70. The van der Waals surface area contributed by atoms with Crippen LogP contribution in [0.15, 0.2) is 29.2 Å². The minimum atomic E-state index is -3.76. The summed E-state index contributed by atoms with van der Waals surface area (Å²) in [7, 11) is -3.76. The number of nitrogens with two attached hydrogens (primary N) is 1. The van der Waals surface area contributed by atoms with Gasteiger partial charge in [0.25, 0.3) is 0 Å². The van der Waals surface area contributed by atoms with Gasteiger partial charge in [-0.1, -0.05) is 6.07 Å². The number of ether oxygens (including phenoxy) is 1. The van der Waals surface area contributed by atoms with Crippen LogP contribution in [0.3, 0.4) is 0 Å². The van der Waals surface area contributed by atoms with Crippen molar-refractivity contribution in [2.75, 3.05) is 18.5 Å². The van der Waals surface area contributed by atoms with Crippen LogP contribution in [-0.2, 0) is 19.6 Å². The lowest BCUT2D eigenvalue weighted by Crippen LogP contribution is -2.19. The summed E-state index contributed by atoms with van der Waals surface area (Å²) in [6.07, 6.45) is 0. The average molecular weight is 258 g/mol. The minimum absolute atomic E-state index is 0.0493. The predicted octanol–water partition coefficient (Wildman–Crippen LogP) is 0.309. The van der Waals surface area contributed by atoms with E-state index in [0.717, 1.165) is 0 Å². The Balaban J connectivity index is 2.76. The summed E-state index contributed by atoms with van der Waals surface area (Å²) in [5.41, 5.74) is 0.362. The molecule has 0 saturated heterocycles. The van der Waals surface area contributed by atoms with Gasteiger partial charge in [-0.15, -0.1) is 0 Å². The third-order valence-corrected chi connectivity index (χ3v) is 2.79. The summed E-state index contributed by atoms with van der Waals surface area (Å²) in [5.74, 6) is -0.349. The Morgan fingerprint density at radius 3 is 2.76 bits per heavy atom. The molecule has 94 valence electrons. The van der Waals surface area contributed by atoms with Gasteiger partial charge in [-0.3, -0.25) is 4.79 Å². The van der Waals surface area contributed by atoms with Crippen LogP contribution in [-0.4, -0.2) is 27.5 Å². The molecular formula is C10H14N2O4S. The Kier molecular flexibility index (Phi) is 4.62. The standard InChI is InChI=1S/C10H14N2O4S/c1-2-16-7-10(13)12-8-4-3-5-9(6-8)17(11,14)15/h3-6H,2,7H2,1H3,(H,12,13)(H2,11,14,15). The van der Waals surface area contributed by atoms with Crippen molar-refractivity contribution < 1.29 is 17.9 Å². The molecule has 1 aromatic rings. The number of carbonyl (C=O) groups is 1. The Morgan fingerprint density at radius 2 is 2.18 bits per heavy atom. The van der Waals surface area contributed by atoms with Crippen molar-refractivity contribution in [2.24, 2.45) is 5.14 Å². The van der Waals surface area contributed by atoms with Crippen LogP contribution in [0.2, 0.25) is 0 Å². The van der Waals surface area contributed by atoms with Crippen LogP contribution in [0.5, 0.6) is 0 Å². The molecule has 0 spiro atoms. The molecule has 7 heteroatoms. The summed E-state index contributed by atoms with van der Waals surface area (Å²) in [4.78, 5) is 11.3. The van der Waals surface area contributed by atoms with E-state index in [-0.39, 0.29) is 17.4 Å². The molecule has 0 unspecified atom stereocenters. The van der Waals surface area contributed by atoms with Gasteiger partial charge in [-0.05, 0) is 25.1 Å². The van der Waals surface area contributed by atoms with Crippen molar-refractivity contribution in [3.63, 3.8) is 0 Å². The molecule has 0 aliphatic carbocycles. The number of primary sulfonamides is 1. The number of carbonyl (C=O) groups excluding carboxylic acids is 1. The minimum Gasteiger partial charge on any atom is -0.372 e. The molecule has 0 heterocycles. The Morgan fingerprint density at radius 1 is 1.47 bits per heavy atom. The molecule has 0 saturated carbocycles. The van der Waals surface area contributed by atoms with E-state index >= 15 is 0 Å². The highest BCUT2D eigenvalue weighted by Crippen LogP contribution is 2.13. The number of rotatable bonds is 5. The van der Waals surface area contributed by atoms with Crippen LogP contribution < -0.4 is 10.5 Å². The zero-order valence-corrected chi connectivity index (χ0v) is 10.2. The van der Waals surface area contributed by atoms with Gasteiger partial charge < -0.3 is 10.1 Å². The molecular weight excluding hydrogens is 244 g/mol. The van der Waals surface area contributed by atoms with Gasteiger partial charge in [-0.25, -0.2) is 13.6 Å². The average Bonchev–Trinajstić information content (AvgIpc) is 2.25. The first-order valence-electron chi connectivity index (χ1n) is 4.94. The van der Waals surface area contributed by atoms with Crippen LogP contribution >= 0.6 is 0 Å². The summed E-state index contributed by atoms with van der Waals surface area (Å²) in [6.45, 7) is 2.13. The number of sulfonamides is 1. The van der Waals surface area contributed by atoms with Crippen molar-refractivity contribution in [1.29, 1.82) is 0 Å². The smallest absolute Gasteiger partial charge is 0.250 e. The summed E-state index contributed by atoms with van der Waals surface area (Å²) < 4.78 is 27.1. The van der Waals surface area contributed by atoms with Gasteiger partial charge in [0, 0.05) is 12.3 Å². The summed E-state index contributed by atoms with van der Waals surface area (Å²) >= 11 is 0. The largest absolute Gasteiger partial charge is 0.372 e. The Hall–Kier alpha value is -1.44.